The molecule has 0 aliphatic carbocycles. The number of rotatable bonds is 2. The molecule has 0 atom stereocenters. The molecule has 0 spiro atoms. The van der Waals surface area contributed by atoms with Crippen LogP contribution < -0.4 is 5.56 Å². The fourth-order valence-corrected chi connectivity index (χ4v) is 4.10. The van der Waals surface area contributed by atoms with Gasteiger partial charge in [0.05, 0.1) is 0 Å². The van der Waals surface area contributed by atoms with Gasteiger partial charge < -0.3 is 0 Å². The third-order valence-electron chi connectivity index (χ3n) is 2.56. The van der Waals surface area contributed by atoms with Gasteiger partial charge in [-0.05, 0) is 0 Å². The molecule has 0 radical (unpaired) electrons. The van der Waals surface area contributed by atoms with Crippen molar-refractivity contribution in [3.63, 3.8) is 0 Å². The molecule has 3 rings (SSSR count). The molecule has 7 heteroatoms. The van der Waals surface area contributed by atoms with E-state index in [0.717, 1.165) is 4.26 Å². The molecule has 0 fully saturated rings. The molecule has 19 heavy (non-hydrogen) atoms. The molecule has 5 nitrogen and oxygen atoms in total. The molecule has 0 saturated carbocycles. The summed E-state index contributed by atoms with van der Waals surface area (Å²) < 4.78 is 2.64. The fraction of sp³-hybridized carbons (Fsp3) is 0.0833. The van der Waals surface area contributed by atoms with Crippen molar-refractivity contribution in [2.75, 3.05) is 6.26 Å². The Kier molecular flexibility index (Phi) is 3.18. The maximum absolute atomic E-state index is 12.3. The molecule has 1 aromatic carbocycles. The van der Waals surface area contributed by atoms with E-state index in [1.807, 2.05) is 30.5 Å². The van der Waals surface area contributed by atoms with Crippen LogP contribution >= 0.6 is 11.8 Å². The van der Waals surface area contributed by atoms with Crippen LogP contribution in [-0.4, -0.2) is 39.6 Å². The Hall–Kier alpha value is -1.56. The molecule has 3 aromatic rings. The quantitative estimate of drug-likeness (QED) is 0.433. The van der Waals surface area contributed by atoms with Gasteiger partial charge in [-0.1, -0.05) is 0 Å². The molecule has 2 aromatic heterocycles. The summed E-state index contributed by atoms with van der Waals surface area (Å²) >= 11 is 1.18. The van der Waals surface area contributed by atoms with Gasteiger partial charge in [-0.15, -0.1) is 0 Å². The Bertz CT molecular complexity index is 812. The number of hydrogen-bond donors (Lipinski definition) is 1. The zero-order valence-corrected chi connectivity index (χ0v) is 12.4. The number of nitrogens with zero attached hydrogens (tertiary/aromatic N) is 3. The average molecular weight is 338 g/mol. The minimum atomic E-state index is -0.149. The van der Waals surface area contributed by atoms with E-state index in [4.69, 9.17) is 0 Å². The summed E-state index contributed by atoms with van der Waals surface area (Å²) in [6, 6.07) is 8.95. The van der Waals surface area contributed by atoms with E-state index >= 15 is 0 Å². The number of hydrogen-bond acceptors (Lipinski definition) is 5. The van der Waals surface area contributed by atoms with Crippen LogP contribution in [0.3, 0.4) is 0 Å². The van der Waals surface area contributed by atoms with Gasteiger partial charge in [0.2, 0.25) is 0 Å². The SMILES string of the molecule is CSc1nc(O)cc(-n2[se]c3ccccc3c2=O)n1. The van der Waals surface area contributed by atoms with Crippen LogP contribution in [0.15, 0.2) is 40.3 Å². The first kappa shape index (κ1) is 12.5. The molecule has 1 N–H and O–H groups in total. The Morgan fingerprint density at radius 3 is 2.84 bits per heavy atom. The van der Waals surface area contributed by atoms with E-state index in [-0.39, 0.29) is 26.2 Å². The van der Waals surface area contributed by atoms with Crippen LogP contribution in [0.4, 0.5) is 0 Å². The summed E-state index contributed by atoms with van der Waals surface area (Å²) in [7, 11) is 0. The summed E-state index contributed by atoms with van der Waals surface area (Å²) in [5.41, 5.74) is -0.0687. The molecule has 2 heterocycles. The van der Waals surface area contributed by atoms with Crippen molar-refractivity contribution in [1.29, 1.82) is 0 Å². The van der Waals surface area contributed by atoms with Crippen LogP contribution in [0.2, 0.25) is 0 Å². The molecule has 0 aliphatic rings. The average Bonchev–Trinajstić information content (AvgIpc) is 2.76. The molecule has 0 aliphatic heterocycles. The molecule has 96 valence electrons. The van der Waals surface area contributed by atoms with Crippen molar-refractivity contribution in [3.8, 4) is 11.7 Å². The summed E-state index contributed by atoms with van der Waals surface area (Å²) in [5.74, 6) is 0.340. The number of fused-ring (bicyclic) bond motifs is 1. The summed E-state index contributed by atoms with van der Waals surface area (Å²) in [5, 5.41) is 10.8. The van der Waals surface area contributed by atoms with E-state index in [9.17, 15) is 9.90 Å². The Morgan fingerprint density at radius 2 is 2.11 bits per heavy atom. The van der Waals surface area contributed by atoms with Crippen molar-refractivity contribution in [2.45, 2.75) is 5.16 Å². The van der Waals surface area contributed by atoms with Crippen LogP contribution in [0.25, 0.3) is 15.5 Å². The molecule has 0 amide bonds. The van der Waals surface area contributed by atoms with E-state index in [0.29, 0.717) is 16.4 Å². The van der Waals surface area contributed by atoms with E-state index < -0.39 is 0 Å². The zero-order valence-electron chi connectivity index (χ0n) is 9.90. The van der Waals surface area contributed by atoms with Gasteiger partial charge >= 0.3 is 119 Å². The molecule has 0 bridgehead atoms. The summed E-state index contributed by atoms with van der Waals surface area (Å²) in [4.78, 5) is 20.5. The Balaban J connectivity index is 2.27. The Morgan fingerprint density at radius 1 is 1.32 bits per heavy atom. The normalized spacial score (nSPS) is 11.0. The van der Waals surface area contributed by atoms with E-state index in [1.54, 1.807) is 3.56 Å². The van der Waals surface area contributed by atoms with Crippen molar-refractivity contribution < 1.29 is 5.11 Å². The van der Waals surface area contributed by atoms with Crippen LogP contribution in [-0.2, 0) is 0 Å². The van der Waals surface area contributed by atoms with Gasteiger partial charge in [-0.3, -0.25) is 0 Å². The van der Waals surface area contributed by atoms with E-state index in [1.165, 1.54) is 17.8 Å². The molecular formula is C12H9N3O2SSe. The second kappa shape index (κ2) is 4.85. The third-order valence-corrected chi connectivity index (χ3v) is 5.39. The first-order chi connectivity index (χ1) is 9.19. The number of aromatic nitrogens is 3. The first-order valence-electron chi connectivity index (χ1n) is 5.42. The predicted octanol–water partition coefficient (Wildman–Crippen LogP) is 1.27. The predicted molar refractivity (Wildman–Crippen MR) is 75.5 cm³/mol. The monoisotopic (exact) mass is 339 g/mol. The fourth-order valence-electron chi connectivity index (χ4n) is 1.72. The van der Waals surface area contributed by atoms with Crippen molar-refractivity contribution in [3.05, 3.63) is 40.7 Å². The second-order valence-electron chi connectivity index (χ2n) is 3.76. The van der Waals surface area contributed by atoms with Crippen LogP contribution in [0.1, 0.15) is 0 Å². The minimum absolute atomic E-state index is 0.0687. The van der Waals surface area contributed by atoms with Crippen LogP contribution in [0, 0.1) is 0 Å². The number of thioether (sulfide) groups is 1. The Labute approximate surface area is 118 Å². The van der Waals surface area contributed by atoms with Gasteiger partial charge in [-0.2, -0.15) is 0 Å². The number of aromatic hydroxyl groups is 1. The van der Waals surface area contributed by atoms with Crippen molar-refractivity contribution in [1.82, 2.24) is 13.5 Å². The van der Waals surface area contributed by atoms with Crippen molar-refractivity contribution in [2.24, 2.45) is 0 Å². The standard InChI is InChI=1S/C12H9N3O2SSe/c1-18-12-13-9(6-10(16)14-12)15-11(17)7-4-2-3-5-8(7)19-15/h2-6H,1H3,(H,13,14,16). The molecule has 0 unspecified atom stereocenters. The van der Waals surface area contributed by atoms with Crippen molar-refractivity contribution >= 4 is 36.1 Å². The number of benzene rings is 1. The van der Waals surface area contributed by atoms with Crippen LogP contribution in [0.5, 0.6) is 5.88 Å². The van der Waals surface area contributed by atoms with Gasteiger partial charge in [0, 0.05) is 0 Å². The van der Waals surface area contributed by atoms with Gasteiger partial charge in [0.15, 0.2) is 0 Å². The third kappa shape index (κ3) is 2.20. The topological polar surface area (TPSA) is 68.0 Å². The summed E-state index contributed by atoms with van der Waals surface area (Å²) in [6.07, 6.45) is 1.82. The molecule has 0 saturated heterocycles. The van der Waals surface area contributed by atoms with Gasteiger partial charge in [-0.25, -0.2) is 0 Å². The van der Waals surface area contributed by atoms with E-state index in [2.05, 4.69) is 9.97 Å². The molecular weight excluding hydrogens is 329 g/mol. The maximum atomic E-state index is 12.3. The first-order valence-corrected chi connectivity index (χ1v) is 8.27. The van der Waals surface area contributed by atoms with Gasteiger partial charge in [0.25, 0.3) is 0 Å². The zero-order chi connectivity index (χ0) is 13.4. The van der Waals surface area contributed by atoms with Gasteiger partial charge in [0.1, 0.15) is 0 Å². The second-order valence-corrected chi connectivity index (χ2v) is 6.60. The summed E-state index contributed by atoms with van der Waals surface area (Å²) in [6.45, 7) is 0.